The number of thiocarbonyl (C=S) groups is 1. The molecule has 0 unspecified atom stereocenters. The van der Waals surface area contributed by atoms with Gasteiger partial charge in [-0.15, -0.1) is 0 Å². The zero-order valence-electron chi connectivity index (χ0n) is 17.2. The van der Waals surface area contributed by atoms with Crippen LogP contribution in [0.5, 0.6) is 0 Å². The predicted octanol–water partition coefficient (Wildman–Crippen LogP) is 3.12. The summed E-state index contributed by atoms with van der Waals surface area (Å²) in [7, 11) is 0. The molecule has 0 saturated carbocycles. The Morgan fingerprint density at radius 1 is 1.10 bits per heavy atom. The van der Waals surface area contributed by atoms with E-state index >= 15 is 0 Å². The van der Waals surface area contributed by atoms with Crippen LogP contribution in [0.25, 0.3) is 0 Å². The van der Waals surface area contributed by atoms with Gasteiger partial charge in [0.05, 0.1) is 12.1 Å². The van der Waals surface area contributed by atoms with Crippen molar-refractivity contribution in [3.8, 4) is 0 Å². The molecule has 1 atom stereocenters. The summed E-state index contributed by atoms with van der Waals surface area (Å²) in [4.78, 5) is 40.3. The molecule has 9 heteroatoms. The van der Waals surface area contributed by atoms with Gasteiger partial charge in [-0.1, -0.05) is 29.3 Å². The summed E-state index contributed by atoms with van der Waals surface area (Å²) >= 11 is 11.5. The maximum absolute atomic E-state index is 13.3. The highest BCUT2D eigenvalue weighted by Gasteiger charge is 2.43. The first-order valence-corrected chi connectivity index (χ1v) is 10.6. The number of amides is 3. The molecule has 0 bridgehead atoms. The lowest BCUT2D eigenvalue weighted by atomic mass is 10.1. The Kier molecular flexibility index (Phi) is 7.25. The third kappa shape index (κ3) is 5.59. The van der Waals surface area contributed by atoms with Gasteiger partial charge in [-0.05, 0) is 55.5 Å². The molecule has 7 nitrogen and oxygen atoms in total. The zero-order valence-corrected chi connectivity index (χ0v) is 18.8. The minimum Gasteiger partial charge on any atom is -0.355 e. The number of anilines is 2. The van der Waals surface area contributed by atoms with Crippen molar-refractivity contribution in [1.82, 2.24) is 10.2 Å². The lowest BCUT2D eigenvalue weighted by molar-refractivity contribution is -0.124. The van der Waals surface area contributed by atoms with Gasteiger partial charge in [0.25, 0.3) is 5.91 Å². The fourth-order valence-corrected chi connectivity index (χ4v) is 3.83. The molecule has 31 heavy (non-hydrogen) atoms. The fraction of sp³-hybridized carbons (Fsp3) is 0.273. The smallest absolute Gasteiger partial charge is 0.256 e. The first kappa shape index (κ1) is 22.7. The molecule has 2 aromatic rings. The molecule has 1 fully saturated rings. The van der Waals surface area contributed by atoms with Crippen molar-refractivity contribution in [2.45, 2.75) is 26.3 Å². The van der Waals surface area contributed by atoms with Gasteiger partial charge in [-0.25, -0.2) is 0 Å². The Bertz CT molecular complexity index is 995. The van der Waals surface area contributed by atoms with E-state index in [0.29, 0.717) is 34.6 Å². The lowest BCUT2D eigenvalue weighted by Crippen LogP contribution is -2.42. The molecule has 3 amide bonds. The number of benzene rings is 2. The van der Waals surface area contributed by atoms with Crippen LogP contribution in [0.2, 0.25) is 5.02 Å². The monoisotopic (exact) mass is 458 g/mol. The molecule has 1 aliphatic rings. The molecule has 162 valence electrons. The van der Waals surface area contributed by atoms with Gasteiger partial charge in [0.15, 0.2) is 5.11 Å². The number of hydrogen-bond acceptors (Lipinski definition) is 4. The van der Waals surface area contributed by atoms with Crippen molar-refractivity contribution in [1.29, 1.82) is 0 Å². The first-order chi connectivity index (χ1) is 14.8. The number of halogens is 1. The molecule has 3 rings (SSSR count). The molecule has 2 N–H and O–H groups in total. The highest BCUT2D eigenvalue weighted by molar-refractivity contribution is 7.80. The van der Waals surface area contributed by atoms with E-state index in [9.17, 15) is 14.4 Å². The second-order valence-electron chi connectivity index (χ2n) is 7.24. The Morgan fingerprint density at radius 3 is 2.35 bits per heavy atom. The minimum atomic E-state index is -0.769. The molecule has 1 saturated heterocycles. The SMILES string of the molecule is CC(=O)NCCN1C(=S)N(c2ccc(C)cc2)C(=O)[C@H]1CC(=O)Nc1ccc(Cl)cc1. The molecule has 1 aliphatic heterocycles. The number of rotatable bonds is 7. The van der Waals surface area contributed by atoms with Crippen molar-refractivity contribution in [3.63, 3.8) is 0 Å². The molecule has 0 aliphatic carbocycles. The summed E-state index contributed by atoms with van der Waals surface area (Å²) in [6, 6.07) is 13.4. The number of nitrogens with one attached hydrogen (secondary N) is 2. The van der Waals surface area contributed by atoms with Crippen molar-refractivity contribution >= 4 is 58.0 Å². The molecular formula is C22H23ClN4O3S. The minimum absolute atomic E-state index is 0.0793. The van der Waals surface area contributed by atoms with Crippen LogP contribution in [-0.4, -0.2) is 46.9 Å². The predicted molar refractivity (Wildman–Crippen MR) is 125 cm³/mol. The zero-order chi connectivity index (χ0) is 22.5. The standard InChI is InChI=1S/C22H23ClN4O3S/c1-14-3-9-18(10-4-14)27-21(30)19(26(22(27)31)12-11-24-15(2)28)13-20(29)25-17-7-5-16(23)6-8-17/h3-10,19H,11-13H2,1-2H3,(H,24,28)(H,25,29)/t19-/m1/s1. The molecular weight excluding hydrogens is 436 g/mol. The Hall–Kier alpha value is -2.97. The number of aryl methyl sites for hydroxylation is 1. The van der Waals surface area contributed by atoms with E-state index in [1.165, 1.54) is 11.8 Å². The maximum Gasteiger partial charge on any atom is 0.256 e. The van der Waals surface area contributed by atoms with Crippen LogP contribution in [0.15, 0.2) is 48.5 Å². The van der Waals surface area contributed by atoms with Crippen LogP contribution >= 0.6 is 23.8 Å². The normalized spacial score (nSPS) is 15.9. The lowest BCUT2D eigenvalue weighted by Gasteiger charge is -2.24. The van der Waals surface area contributed by atoms with Gasteiger partial charge in [0.2, 0.25) is 11.8 Å². The second-order valence-corrected chi connectivity index (χ2v) is 8.04. The topological polar surface area (TPSA) is 81.8 Å². The summed E-state index contributed by atoms with van der Waals surface area (Å²) in [5, 5.41) is 6.36. The molecule has 0 aromatic heterocycles. The first-order valence-electron chi connectivity index (χ1n) is 9.77. The number of hydrogen-bond donors (Lipinski definition) is 2. The third-order valence-electron chi connectivity index (χ3n) is 4.84. The third-order valence-corrected chi connectivity index (χ3v) is 5.51. The summed E-state index contributed by atoms with van der Waals surface area (Å²) in [5.74, 6) is -0.773. The molecule has 1 heterocycles. The Morgan fingerprint density at radius 2 is 1.74 bits per heavy atom. The van der Waals surface area contributed by atoms with Crippen LogP contribution in [0.1, 0.15) is 18.9 Å². The van der Waals surface area contributed by atoms with Crippen molar-refractivity contribution in [2.24, 2.45) is 0 Å². The Balaban J connectivity index is 1.79. The van der Waals surface area contributed by atoms with Gasteiger partial charge < -0.3 is 15.5 Å². The van der Waals surface area contributed by atoms with Crippen LogP contribution in [-0.2, 0) is 14.4 Å². The number of carbonyl (C=O) groups is 3. The van der Waals surface area contributed by atoms with Crippen LogP contribution < -0.4 is 15.5 Å². The van der Waals surface area contributed by atoms with E-state index in [4.69, 9.17) is 23.8 Å². The van der Waals surface area contributed by atoms with Crippen molar-refractivity contribution < 1.29 is 14.4 Å². The van der Waals surface area contributed by atoms with E-state index < -0.39 is 6.04 Å². The van der Waals surface area contributed by atoms with Crippen molar-refractivity contribution in [3.05, 3.63) is 59.1 Å². The van der Waals surface area contributed by atoms with Gasteiger partial charge >= 0.3 is 0 Å². The summed E-state index contributed by atoms with van der Waals surface area (Å²) in [6.07, 6.45) is -0.0793. The highest BCUT2D eigenvalue weighted by Crippen LogP contribution is 2.27. The maximum atomic E-state index is 13.3. The second kappa shape index (κ2) is 9.89. The van der Waals surface area contributed by atoms with Crippen LogP contribution in [0.3, 0.4) is 0 Å². The van der Waals surface area contributed by atoms with Gasteiger partial charge in [0.1, 0.15) is 6.04 Å². The molecule has 0 radical (unpaired) electrons. The van der Waals surface area contributed by atoms with Gasteiger partial charge in [-0.2, -0.15) is 0 Å². The van der Waals surface area contributed by atoms with Gasteiger partial charge in [-0.3, -0.25) is 19.3 Å². The van der Waals surface area contributed by atoms with E-state index in [-0.39, 0.29) is 24.1 Å². The quantitative estimate of drug-likeness (QED) is 0.623. The Labute approximate surface area is 191 Å². The van der Waals surface area contributed by atoms with Crippen LogP contribution in [0.4, 0.5) is 11.4 Å². The highest BCUT2D eigenvalue weighted by atomic mass is 35.5. The molecule has 2 aromatic carbocycles. The summed E-state index contributed by atoms with van der Waals surface area (Å²) in [5.41, 5.74) is 2.29. The van der Waals surface area contributed by atoms with E-state index in [1.54, 1.807) is 29.2 Å². The summed E-state index contributed by atoms with van der Waals surface area (Å²) in [6.45, 7) is 3.99. The van der Waals surface area contributed by atoms with Crippen LogP contribution in [0, 0.1) is 6.92 Å². The number of nitrogens with zero attached hydrogens (tertiary/aromatic N) is 2. The average Bonchev–Trinajstić information content (AvgIpc) is 2.94. The van der Waals surface area contributed by atoms with Gasteiger partial charge in [0, 0.05) is 30.7 Å². The summed E-state index contributed by atoms with van der Waals surface area (Å²) < 4.78 is 0. The van der Waals surface area contributed by atoms with Crippen molar-refractivity contribution in [2.75, 3.05) is 23.3 Å². The largest absolute Gasteiger partial charge is 0.355 e. The number of carbonyl (C=O) groups excluding carboxylic acids is 3. The molecule has 0 spiro atoms. The van der Waals surface area contributed by atoms with E-state index in [0.717, 1.165) is 5.56 Å². The fourth-order valence-electron chi connectivity index (χ4n) is 3.29. The van der Waals surface area contributed by atoms with E-state index in [2.05, 4.69) is 10.6 Å². The van der Waals surface area contributed by atoms with E-state index in [1.807, 2.05) is 31.2 Å². The average molecular weight is 459 g/mol.